The lowest BCUT2D eigenvalue weighted by Crippen LogP contribution is -2.28. The fraction of sp³-hybridized carbons (Fsp3) is 0.200. The van der Waals surface area contributed by atoms with E-state index in [-0.39, 0.29) is 6.04 Å². The minimum atomic E-state index is 0.112. The summed E-state index contributed by atoms with van der Waals surface area (Å²) in [5, 5.41) is 4.60. The molecule has 0 N–H and O–H groups in total. The highest BCUT2D eigenvalue weighted by molar-refractivity contribution is 7.71. The van der Waals surface area contributed by atoms with Crippen LogP contribution in [-0.4, -0.2) is 26.3 Å². The maximum atomic E-state index is 5.77. The molecule has 0 saturated carbocycles. The van der Waals surface area contributed by atoms with Crippen LogP contribution in [0.2, 0.25) is 0 Å². The van der Waals surface area contributed by atoms with E-state index in [9.17, 15) is 0 Å². The van der Waals surface area contributed by atoms with E-state index in [0.717, 1.165) is 5.69 Å². The Morgan fingerprint density at radius 1 is 0.900 bits per heavy atom. The van der Waals surface area contributed by atoms with E-state index >= 15 is 0 Å². The maximum Gasteiger partial charge on any atom is 0.203 e. The molecule has 30 heavy (non-hydrogen) atoms. The molecule has 0 aliphatic carbocycles. The van der Waals surface area contributed by atoms with E-state index < -0.39 is 0 Å². The molecule has 5 heteroatoms. The molecule has 0 unspecified atom stereocenters. The number of aromatic nitrogens is 3. The molecule has 0 aliphatic heterocycles. The first-order valence-corrected chi connectivity index (χ1v) is 10.5. The van der Waals surface area contributed by atoms with Crippen LogP contribution in [0.5, 0.6) is 0 Å². The molecule has 0 fully saturated rings. The Labute approximate surface area is 183 Å². The van der Waals surface area contributed by atoms with Crippen molar-refractivity contribution in [2.45, 2.75) is 26.6 Å². The molecule has 4 nitrogen and oxygen atoms in total. The van der Waals surface area contributed by atoms with Gasteiger partial charge >= 0.3 is 0 Å². The van der Waals surface area contributed by atoms with Crippen molar-refractivity contribution in [3.05, 3.63) is 112 Å². The predicted molar refractivity (Wildman–Crippen MR) is 124 cm³/mol. The normalized spacial score (nSPS) is 11.4. The quantitative estimate of drug-likeness (QED) is 0.379. The number of aryl methyl sites for hydroxylation is 2. The second-order valence-electron chi connectivity index (χ2n) is 7.70. The highest BCUT2D eigenvalue weighted by Crippen LogP contribution is 2.28. The summed E-state index contributed by atoms with van der Waals surface area (Å²) in [6, 6.07) is 27.6. The molecule has 0 amide bonds. The Morgan fingerprint density at radius 3 is 2.07 bits per heavy atom. The van der Waals surface area contributed by atoms with Gasteiger partial charge in [0.15, 0.2) is 0 Å². The summed E-state index contributed by atoms with van der Waals surface area (Å²) in [4.78, 5) is 2.28. The molecule has 0 saturated heterocycles. The van der Waals surface area contributed by atoms with Gasteiger partial charge in [-0.05, 0) is 55.9 Å². The van der Waals surface area contributed by atoms with Crippen LogP contribution in [0.1, 0.15) is 28.3 Å². The van der Waals surface area contributed by atoms with Crippen LogP contribution < -0.4 is 0 Å². The standard InChI is InChI=1S/C25H26N4S/c1-19-14-15-23(20(2)16-19)28-17-26-29(25(28)30)18-27(3)24(21-10-6-4-7-11-21)22-12-8-5-9-13-22/h4-17,24H,18H2,1-3H3. The summed E-state index contributed by atoms with van der Waals surface area (Å²) in [6.07, 6.45) is 1.81. The smallest absolute Gasteiger partial charge is 0.203 e. The first-order chi connectivity index (χ1) is 14.5. The zero-order valence-electron chi connectivity index (χ0n) is 17.6. The summed E-state index contributed by atoms with van der Waals surface area (Å²) < 4.78 is 4.56. The van der Waals surface area contributed by atoms with Gasteiger partial charge < -0.3 is 0 Å². The van der Waals surface area contributed by atoms with Crippen LogP contribution in [0.4, 0.5) is 0 Å². The third-order valence-corrected chi connectivity index (χ3v) is 5.78. The molecule has 3 aromatic carbocycles. The van der Waals surface area contributed by atoms with Crippen LogP contribution in [0.15, 0.2) is 85.2 Å². The third kappa shape index (κ3) is 4.13. The lowest BCUT2D eigenvalue weighted by molar-refractivity contribution is 0.208. The van der Waals surface area contributed by atoms with Gasteiger partial charge in [-0.15, -0.1) is 0 Å². The Balaban J connectivity index is 1.66. The minimum Gasteiger partial charge on any atom is -0.276 e. The molecule has 4 rings (SSSR count). The van der Waals surface area contributed by atoms with E-state index in [1.165, 1.54) is 22.3 Å². The largest absolute Gasteiger partial charge is 0.276 e. The lowest BCUT2D eigenvalue weighted by atomic mass is 9.98. The molecular formula is C25H26N4S. The average Bonchev–Trinajstić information content (AvgIpc) is 3.10. The minimum absolute atomic E-state index is 0.112. The highest BCUT2D eigenvalue weighted by Gasteiger charge is 2.20. The number of rotatable bonds is 6. The second kappa shape index (κ2) is 8.78. The van der Waals surface area contributed by atoms with Crippen LogP contribution in [0.3, 0.4) is 0 Å². The van der Waals surface area contributed by atoms with Gasteiger partial charge in [0, 0.05) is 0 Å². The van der Waals surface area contributed by atoms with E-state index in [1.807, 2.05) is 27.7 Å². The van der Waals surface area contributed by atoms with Crippen LogP contribution in [0.25, 0.3) is 5.69 Å². The zero-order valence-corrected chi connectivity index (χ0v) is 18.4. The van der Waals surface area contributed by atoms with Gasteiger partial charge in [-0.25, -0.2) is 4.68 Å². The van der Waals surface area contributed by atoms with Crippen molar-refractivity contribution in [2.24, 2.45) is 0 Å². The van der Waals surface area contributed by atoms with Crippen molar-refractivity contribution < 1.29 is 0 Å². The molecule has 0 atom stereocenters. The van der Waals surface area contributed by atoms with Gasteiger partial charge in [-0.1, -0.05) is 78.4 Å². The summed E-state index contributed by atoms with van der Waals surface area (Å²) in [5.41, 5.74) is 5.98. The van der Waals surface area contributed by atoms with Gasteiger partial charge in [0.1, 0.15) is 6.33 Å². The topological polar surface area (TPSA) is 26.0 Å². The molecule has 152 valence electrons. The molecule has 0 bridgehead atoms. The molecule has 1 aromatic heterocycles. The Hall–Kier alpha value is -3.02. The molecule has 0 radical (unpaired) electrons. The number of benzene rings is 3. The third-order valence-electron chi connectivity index (χ3n) is 5.37. The van der Waals surface area contributed by atoms with Gasteiger partial charge in [0.2, 0.25) is 4.77 Å². The van der Waals surface area contributed by atoms with Crippen LogP contribution in [0, 0.1) is 18.6 Å². The van der Waals surface area contributed by atoms with Crippen molar-refractivity contribution in [3.63, 3.8) is 0 Å². The second-order valence-corrected chi connectivity index (χ2v) is 8.06. The molecule has 4 aromatic rings. The highest BCUT2D eigenvalue weighted by atomic mass is 32.1. The summed E-state index contributed by atoms with van der Waals surface area (Å²) in [6.45, 7) is 4.79. The first kappa shape index (κ1) is 20.3. The molecular weight excluding hydrogens is 388 g/mol. The Morgan fingerprint density at radius 2 is 1.50 bits per heavy atom. The number of hydrogen-bond acceptors (Lipinski definition) is 3. The van der Waals surface area contributed by atoms with Gasteiger partial charge in [0.05, 0.1) is 18.4 Å². The number of hydrogen-bond donors (Lipinski definition) is 0. The van der Waals surface area contributed by atoms with Crippen molar-refractivity contribution >= 4 is 12.2 Å². The Bertz CT molecular complexity index is 1140. The lowest BCUT2D eigenvalue weighted by Gasteiger charge is -2.28. The first-order valence-electron chi connectivity index (χ1n) is 10.1. The van der Waals surface area contributed by atoms with Crippen molar-refractivity contribution in [3.8, 4) is 5.69 Å². The van der Waals surface area contributed by atoms with Gasteiger partial charge in [0.25, 0.3) is 0 Å². The maximum absolute atomic E-state index is 5.77. The van der Waals surface area contributed by atoms with Crippen molar-refractivity contribution in [1.29, 1.82) is 0 Å². The van der Waals surface area contributed by atoms with E-state index in [4.69, 9.17) is 12.2 Å². The van der Waals surface area contributed by atoms with Crippen molar-refractivity contribution in [1.82, 2.24) is 19.2 Å². The van der Waals surface area contributed by atoms with Gasteiger partial charge in [-0.2, -0.15) is 5.10 Å². The zero-order chi connectivity index (χ0) is 21.1. The fourth-order valence-electron chi connectivity index (χ4n) is 3.94. The monoisotopic (exact) mass is 414 g/mol. The molecule has 1 heterocycles. The number of nitrogens with zero attached hydrogens (tertiary/aromatic N) is 4. The fourth-order valence-corrected chi connectivity index (χ4v) is 4.19. The SMILES string of the molecule is Cc1ccc(-n2cnn(CN(C)C(c3ccccc3)c3ccccc3)c2=S)c(C)c1. The van der Waals surface area contributed by atoms with E-state index in [1.54, 1.807) is 0 Å². The van der Waals surface area contributed by atoms with Crippen LogP contribution >= 0.6 is 12.2 Å². The summed E-state index contributed by atoms with van der Waals surface area (Å²) in [7, 11) is 2.11. The Kier molecular flexibility index (Phi) is 5.93. The predicted octanol–water partition coefficient (Wildman–Crippen LogP) is 5.70. The van der Waals surface area contributed by atoms with E-state index in [0.29, 0.717) is 11.4 Å². The molecule has 0 aliphatic rings. The van der Waals surface area contributed by atoms with Crippen molar-refractivity contribution in [2.75, 3.05) is 7.05 Å². The van der Waals surface area contributed by atoms with Crippen LogP contribution in [-0.2, 0) is 6.67 Å². The average molecular weight is 415 g/mol. The summed E-state index contributed by atoms with van der Waals surface area (Å²) >= 11 is 5.77. The molecule has 0 spiro atoms. The van der Waals surface area contributed by atoms with E-state index in [2.05, 4.69) is 97.6 Å². The summed E-state index contributed by atoms with van der Waals surface area (Å²) in [5.74, 6) is 0. The van der Waals surface area contributed by atoms with Gasteiger partial charge in [-0.3, -0.25) is 9.47 Å².